The fraction of sp³-hybridized carbons (Fsp3) is 0.909. The van der Waals surface area contributed by atoms with Gasteiger partial charge in [0.15, 0.2) is 0 Å². The Balaban J connectivity index is 0.000000892. The molecule has 6 heteroatoms. The van der Waals surface area contributed by atoms with Gasteiger partial charge in [-0.3, -0.25) is 9.98 Å². The Morgan fingerprint density at radius 1 is 0.607 bits per heavy atom. The molecule has 2 aliphatic carbocycles. The summed E-state index contributed by atoms with van der Waals surface area (Å²) in [5.74, 6) is 19.5. The topological polar surface area (TPSA) is 24.7 Å². The van der Waals surface area contributed by atoms with Crippen LogP contribution in [-0.2, 0) is 0 Å². The van der Waals surface area contributed by atoms with E-state index in [1.54, 1.807) is 0 Å². The first-order valence-electron chi connectivity index (χ1n) is 10.8. The molecule has 2 nitrogen and oxygen atoms in total. The molecule has 2 saturated carbocycles. The molecule has 0 N–H and O–H groups in total. The van der Waals surface area contributed by atoms with Gasteiger partial charge in [-0.2, -0.15) is 0 Å². The summed E-state index contributed by atoms with van der Waals surface area (Å²) in [6, 6.07) is 0.958. The van der Waals surface area contributed by atoms with E-state index < -0.39 is 29.9 Å². The molecule has 0 bridgehead atoms. The van der Waals surface area contributed by atoms with E-state index in [0.717, 1.165) is 11.8 Å². The molecule has 0 aliphatic heterocycles. The van der Waals surface area contributed by atoms with Crippen LogP contribution in [0.15, 0.2) is 9.98 Å². The summed E-state index contributed by atoms with van der Waals surface area (Å²) < 4.78 is 0. The van der Waals surface area contributed by atoms with Crippen LogP contribution in [0.2, 0.25) is 0 Å². The number of rotatable bonds is 3. The maximum absolute atomic E-state index is 5.15. The van der Waals surface area contributed by atoms with Crippen LogP contribution in [0.5, 0.6) is 0 Å². The summed E-state index contributed by atoms with van der Waals surface area (Å²) in [4.78, 5) is 10.3. The molecule has 2 rings (SSSR count). The molecule has 0 aromatic rings. The van der Waals surface area contributed by atoms with Crippen molar-refractivity contribution in [2.45, 2.75) is 93.2 Å². The fourth-order valence-corrected chi connectivity index (χ4v) is 5.55. The van der Waals surface area contributed by atoms with E-state index in [1.807, 2.05) is 0 Å². The monoisotopic (exact) mass is 579 g/mol. The second kappa shape index (κ2) is 13.2. The number of halogens is 3. The van der Waals surface area contributed by atoms with Crippen LogP contribution in [0.25, 0.3) is 0 Å². The van der Waals surface area contributed by atoms with Gasteiger partial charge in [-0.15, -0.1) is 0 Å². The van der Waals surface area contributed by atoms with Crippen LogP contribution in [0.3, 0.4) is 0 Å². The first-order chi connectivity index (χ1) is 12.9. The van der Waals surface area contributed by atoms with Gasteiger partial charge >= 0.3 is 47.3 Å². The Labute approximate surface area is 195 Å². The zero-order chi connectivity index (χ0) is 21.6. The molecule has 4 atom stereocenters. The Morgan fingerprint density at radius 2 is 0.821 bits per heavy atom. The van der Waals surface area contributed by atoms with Gasteiger partial charge in [-0.25, -0.2) is 0 Å². The zero-order valence-corrected chi connectivity index (χ0v) is 24.5. The van der Waals surface area contributed by atoms with E-state index in [1.165, 1.54) is 37.1 Å². The van der Waals surface area contributed by atoms with Gasteiger partial charge in [0.25, 0.3) is 0 Å². The minimum atomic E-state index is -2.24. The number of hydrogen-bond acceptors (Lipinski definition) is 2. The van der Waals surface area contributed by atoms with Gasteiger partial charge in [0.1, 0.15) is 0 Å². The van der Waals surface area contributed by atoms with Gasteiger partial charge in [-0.05, 0) is 75.0 Å². The summed E-state index contributed by atoms with van der Waals surface area (Å²) >= 11 is -2.24. The molecule has 0 saturated heterocycles. The fourth-order valence-electron chi connectivity index (χ4n) is 5.55. The van der Waals surface area contributed by atoms with Crippen LogP contribution in [0, 0.1) is 65.4 Å². The van der Waals surface area contributed by atoms with Gasteiger partial charge in [-0.1, -0.05) is 41.5 Å². The molecule has 2 fully saturated rings. The molecule has 0 spiro atoms. The number of hydrogen-bond donors (Lipinski definition) is 0. The van der Waals surface area contributed by atoms with Crippen LogP contribution in [0.4, 0.5) is 0 Å². The standard InChI is InChI=1S/C22H40N2.3ClH.Nd/c1-13-9-15(3)21(16(4)10-13)23-19(7)20(8)24-22-17(5)11-14(2)12-18(22)6;;;;/h13-18,21-22H,9-12H2,1-8H3;3*1H;/q;;;;+3/p-3. The normalized spacial score (nSPS) is 39.8. The van der Waals surface area contributed by atoms with E-state index in [-0.39, 0.29) is 0 Å². The third-order valence-corrected chi connectivity index (χ3v) is 6.64. The third kappa shape index (κ3) is 9.37. The van der Waals surface area contributed by atoms with Gasteiger partial charge in [0, 0.05) is 0 Å². The van der Waals surface area contributed by atoms with E-state index in [2.05, 4.69) is 55.4 Å². The molecule has 0 aromatic carbocycles. The summed E-state index contributed by atoms with van der Waals surface area (Å²) in [5.41, 5.74) is 2.34. The Kier molecular flexibility index (Phi) is 13.0. The average Bonchev–Trinajstić information content (AvgIpc) is 2.53. The predicted molar refractivity (Wildman–Crippen MR) is 125 cm³/mol. The summed E-state index contributed by atoms with van der Waals surface area (Å²) in [6.45, 7) is 18.7. The van der Waals surface area contributed by atoms with Crippen molar-refractivity contribution in [3.8, 4) is 0 Å². The maximum atomic E-state index is 5.15. The van der Waals surface area contributed by atoms with Gasteiger partial charge in [0.05, 0.1) is 23.5 Å². The van der Waals surface area contributed by atoms with Crippen molar-refractivity contribution in [3.63, 3.8) is 0 Å². The van der Waals surface area contributed by atoms with Crippen molar-refractivity contribution in [2.24, 2.45) is 45.5 Å². The van der Waals surface area contributed by atoms with Crippen molar-refractivity contribution >= 4 is 28.8 Å². The van der Waals surface area contributed by atoms with Crippen molar-refractivity contribution in [1.82, 2.24) is 0 Å². The quantitative estimate of drug-likeness (QED) is 0.300. The van der Waals surface area contributed by atoms with Crippen molar-refractivity contribution in [2.75, 3.05) is 0 Å². The minimum absolute atomic E-state index is 0.479. The molecule has 4 unspecified atom stereocenters. The van der Waals surface area contributed by atoms with Crippen molar-refractivity contribution in [1.29, 1.82) is 0 Å². The molecule has 0 amide bonds. The van der Waals surface area contributed by atoms with E-state index in [9.17, 15) is 0 Å². The van der Waals surface area contributed by atoms with Crippen molar-refractivity contribution < 1.29 is 29.9 Å². The Bertz CT molecular complexity index is 467. The Hall–Kier alpha value is 1.56. The van der Waals surface area contributed by atoms with Gasteiger partial charge < -0.3 is 0 Å². The third-order valence-electron chi connectivity index (χ3n) is 6.64. The molecule has 2 aliphatic rings. The predicted octanol–water partition coefficient (Wildman–Crippen LogP) is 8.12. The molecule has 28 heavy (non-hydrogen) atoms. The molecular formula is C22H40Cl3N2Nd. The summed E-state index contributed by atoms with van der Waals surface area (Å²) in [6.07, 6.45) is 5.26. The second-order valence-electron chi connectivity index (χ2n) is 9.69. The van der Waals surface area contributed by atoms with Crippen LogP contribution >= 0.6 is 17.4 Å². The molecular weight excluding hydrogens is 543 g/mol. The number of nitrogens with zero attached hydrogens (tertiary/aromatic N) is 2. The van der Waals surface area contributed by atoms with Crippen LogP contribution in [-0.4, -0.2) is 23.5 Å². The summed E-state index contributed by atoms with van der Waals surface area (Å²) in [5, 5.41) is 0. The Morgan fingerprint density at radius 3 is 1.04 bits per heavy atom. The molecule has 163 valence electrons. The molecule has 0 radical (unpaired) electrons. The summed E-state index contributed by atoms with van der Waals surface area (Å²) in [7, 11) is 0. The van der Waals surface area contributed by atoms with Gasteiger partial charge in [0.2, 0.25) is 0 Å². The molecule has 0 heterocycles. The van der Waals surface area contributed by atoms with E-state index in [0.29, 0.717) is 35.8 Å². The van der Waals surface area contributed by atoms with Crippen LogP contribution in [0.1, 0.15) is 81.1 Å². The van der Waals surface area contributed by atoms with E-state index >= 15 is 0 Å². The van der Waals surface area contributed by atoms with E-state index in [4.69, 9.17) is 27.4 Å². The number of aliphatic imine (C=N–C) groups is 2. The zero-order valence-electron chi connectivity index (χ0n) is 19.0. The van der Waals surface area contributed by atoms with Crippen LogP contribution < -0.4 is 0 Å². The average molecular weight is 583 g/mol. The first kappa shape index (κ1) is 27.6. The SMILES string of the molecule is CC(=NC1C(C)CC(C)CC1C)C(C)=NC1C(C)CC(C)CC1C.[Cl][Nd]([Cl])[Cl]. The second-order valence-corrected chi connectivity index (χ2v) is 23.8. The van der Waals surface area contributed by atoms with Crippen molar-refractivity contribution in [3.05, 3.63) is 0 Å². The first-order valence-corrected chi connectivity index (χ1v) is 22.9. The molecule has 0 aromatic heterocycles.